The van der Waals surface area contributed by atoms with Crippen molar-refractivity contribution >= 4 is 17.9 Å². The molecule has 0 spiro atoms. The minimum atomic E-state index is -0.740. The quantitative estimate of drug-likeness (QED) is 0.0300. The maximum atomic E-state index is 10.3. The summed E-state index contributed by atoms with van der Waals surface area (Å²) in [5.41, 5.74) is 9.81. The normalized spacial score (nSPS) is 14.8. The molecule has 0 radical (unpaired) electrons. The molecule has 2 aliphatic rings. The van der Waals surface area contributed by atoms with Crippen molar-refractivity contribution in [2.45, 2.75) is 180 Å². The number of carboxylic acid groups (broad SMARTS) is 3. The van der Waals surface area contributed by atoms with E-state index >= 15 is 0 Å². The van der Waals surface area contributed by atoms with E-state index in [1.807, 2.05) is 0 Å². The SMILES string of the molecule is C(CC1CCNCC1)CC1CCNCC1.CCCCCC=CCC=CCCCCCCCC(=O)O.NCCN.O=C(O)CCCCCCCCC(=O)O. The Morgan fingerprint density at radius 1 is 0.509 bits per heavy atom. The van der Waals surface area contributed by atoms with E-state index in [-0.39, 0.29) is 12.8 Å². The van der Waals surface area contributed by atoms with Crippen LogP contribution in [0, 0.1) is 11.8 Å². The number of allylic oxidation sites excluding steroid dienone is 4. The van der Waals surface area contributed by atoms with Gasteiger partial charge in [-0.3, -0.25) is 14.4 Å². The van der Waals surface area contributed by atoms with Gasteiger partial charge in [-0.05, 0) is 115 Å². The van der Waals surface area contributed by atoms with Crippen LogP contribution in [0.15, 0.2) is 24.3 Å². The fourth-order valence-electron chi connectivity index (χ4n) is 6.38. The zero-order valence-electron chi connectivity index (χ0n) is 34.0. The molecule has 0 aromatic heterocycles. The second kappa shape index (κ2) is 44.1. The molecule has 2 saturated heterocycles. The van der Waals surface area contributed by atoms with Crippen LogP contribution in [0.25, 0.3) is 0 Å². The van der Waals surface area contributed by atoms with Crippen LogP contribution in [0.2, 0.25) is 0 Å². The van der Waals surface area contributed by atoms with Crippen molar-refractivity contribution in [1.82, 2.24) is 10.6 Å². The number of unbranched alkanes of at least 4 members (excludes halogenated alkanes) is 13. The molecule has 0 aliphatic carbocycles. The van der Waals surface area contributed by atoms with Gasteiger partial charge in [0.25, 0.3) is 0 Å². The Kier molecular flexibility index (Phi) is 44.0. The molecule has 10 heteroatoms. The van der Waals surface area contributed by atoms with E-state index in [4.69, 9.17) is 26.8 Å². The molecule has 0 aromatic rings. The maximum absolute atomic E-state index is 10.3. The first-order valence-corrected chi connectivity index (χ1v) is 21.5. The summed E-state index contributed by atoms with van der Waals surface area (Å²) >= 11 is 0. The highest BCUT2D eigenvalue weighted by molar-refractivity contribution is 5.67. The van der Waals surface area contributed by atoms with Gasteiger partial charge in [-0.2, -0.15) is 0 Å². The van der Waals surface area contributed by atoms with Crippen LogP contribution >= 0.6 is 0 Å². The number of carboxylic acids is 3. The minimum Gasteiger partial charge on any atom is -0.481 e. The summed E-state index contributed by atoms with van der Waals surface area (Å²) < 4.78 is 0. The monoisotopic (exact) mass is 753 g/mol. The molecule has 0 unspecified atom stereocenters. The lowest BCUT2D eigenvalue weighted by Gasteiger charge is -2.25. The number of hydrogen-bond donors (Lipinski definition) is 7. The minimum absolute atomic E-state index is 0.245. The maximum Gasteiger partial charge on any atom is 0.303 e. The Morgan fingerprint density at radius 3 is 1.19 bits per heavy atom. The molecule has 0 bridgehead atoms. The first-order chi connectivity index (χ1) is 25.8. The Hall–Kier alpha value is -2.27. The molecule has 0 atom stereocenters. The lowest BCUT2D eigenvalue weighted by Crippen LogP contribution is -2.29. The third-order valence-corrected chi connectivity index (χ3v) is 9.68. The van der Waals surface area contributed by atoms with Crippen molar-refractivity contribution < 1.29 is 29.7 Å². The fraction of sp³-hybridized carbons (Fsp3) is 0.837. The molecule has 0 amide bonds. The summed E-state index contributed by atoms with van der Waals surface area (Å²) in [6.45, 7) is 8.48. The lowest BCUT2D eigenvalue weighted by molar-refractivity contribution is -0.138. The number of piperidine rings is 2. The van der Waals surface area contributed by atoms with Gasteiger partial charge in [0.15, 0.2) is 0 Å². The predicted molar refractivity (Wildman–Crippen MR) is 222 cm³/mol. The summed E-state index contributed by atoms with van der Waals surface area (Å²) in [6.07, 6.45) is 38.3. The smallest absolute Gasteiger partial charge is 0.303 e. The van der Waals surface area contributed by atoms with Gasteiger partial charge in [-0.15, -0.1) is 0 Å². The Morgan fingerprint density at radius 2 is 0.849 bits per heavy atom. The molecular weight excluding hydrogens is 668 g/mol. The van der Waals surface area contributed by atoms with Crippen LogP contribution in [-0.4, -0.2) is 72.5 Å². The highest BCUT2D eigenvalue weighted by Gasteiger charge is 2.15. The average Bonchev–Trinajstić information content (AvgIpc) is 3.15. The fourth-order valence-corrected chi connectivity index (χ4v) is 6.38. The second-order valence-electron chi connectivity index (χ2n) is 14.7. The summed E-state index contributed by atoms with van der Waals surface area (Å²) in [5, 5.41) is 32.1. The van der Waals surface area contributed by atoms with Gasteiger partial charge in [0.2, 0.25) is 0 Å². The molecule has 2 heterocycles. The Balaban J connectivity index is 0. The van der Waals surface area contributed by atoms with Crippen molar-refractivity contribution in [2.24, 2.45) is 23.3 Å². The van der Waals surface area contributed by atoms with Crippen LogP contribution in [0.5, 0.6) is 0 Å². The van der Waals surface area contributed by atoms with Crippen molar-refractivity contribution in [3.8, 4) is 0 Å². The van der Waals surface area contributed by atoms with Gasteiger partial charge in [-0.25, -0.2) is 0 Å². The van der Waals surface area contributed by atoms with Crippen molar-refractivity contribution in [3.63, 3.8) is 0 Å². The van der Waals surface area contributed by atoms with E-state index in [1.54, 1.807) is 0 Å². The number of carbonyl (C=O) groups is 3. The van der Waals surface area contributed by atoms with E-state index in [0.717, 1.165) is 76.0 Å². The van der Waals surface area contributed by atoms with Crippen LogP contribution in [0.1, 0.15) is 180 Å². The molecule has 2 fully saturated rings. The van der Waals surface area contributed by atoms with Gasteiger partial charge in [0.05, 0.1) is 0 Å². The number of aliphatic carboxylic acids is 3. The Labute approximate surface area is 324 Å². The van der Waals surface area contributed by atoms with Gasteiger partial charge in [-0.1, -0.05) is 108 Å². The average molecular weight is 753 g/mol. The van der Waals surface area contributed by atoms with Crippen LogP contribution in [0.4, 0.5) is 0 Å². The number of nitrogens with two attached hydrogens (primary N) is 2. The molecule has 9 N–H and O–H groups in total. The largest absolute Gasteiger partial charge is 0.481 e. The van der Waals surface area contributed by atoms with Crippen molar-refractivity contribution in [1.29, 1.82) is 0 Å². The first-order valence-electron chi connectivity index (χ1n) is 21.5. The summed E-state index contributed by atoms with van der Waals surface area (Å²) in [6, 6.07) is 0. The first kappa shape index (κ1) is 52.8. The molecule has 0 aromatic carbocycles. The third kappa shape index (κ3) is 47.7. The number of rotatable bonds is 28. The highest BCUT2D eigenvalue weighted by atomic mass is 16.4. The number of nitrogens with one attached hydrogen (secondary N) is 2. The molecule has 53 heavy (non-hydrogen) atoms. The van der Waals surface area contributed by atoms with Crippen LogP contribution in [-0.2, 0) is 14.4 Å². The van der Waals surface area contributed by atoms with E-state index in [2.05, 4.69) is 41.9 Å². The number of hydrogen-bond acceptors (Lipinski definition) is 7. The van der Waals surface area contributed by atoms with Crippen LogP contribution in [0.3, 0.4) is 0 Å². The zero-order chi connectivity index (χ0) is 39.5. The second-order valence-corrected chi connectivity index (χ2v) is 14.7. The summed E-state index contributed by atoms with van der Waals surface area (Å²) in [4.78, 5) is 30.6. The predicted octanol–water partition coefficient (Wildman–Crippen LogP) is 9.22. The topological polar surface area (TPSA) is 188 Å². The van der Waals surface area contributed by atoms with E-state index < -0.39 is 17.9 Å². The van der Waals surface area contributed by atoms with Crippen LogP contribution < -0.4 is 22.1 Å². The van der Waals surface area contributed by atoms with Crippen molar-refractivity contribution in [2.75, 3.05) is 39.3 Å². The summed E-state index contributed by atoms with van der Waals surface area (Å²) in [7, 11) is 0. The lowest BCUT2D eigenvalue weighted by atomic mass is 9.87. The zero-order valence-corrected chi connectivity index (χ0v) is 34.0. The molecule has 2 aliphatic heterocycles. The van der Waals surface area contributed by atoms with Gasteiger partial charge >= 0.3 is 17.9 Å². The van der Waals surface area contributed by atoms with E-state index in [1.165, 1.54) is 116 Å². The van der Waals surface area contributed by atoms with E-state index in [9.17, 15) is 14.4 Å². The Bertz CT molecular complexity index is 818. The molecule has 0 saturated carbocycles. The van der Waals surface area contributed by atoms with Gasteiger partial charge in [0.1, 0.15) is 0 Å². The highest BCUT2D eigenvalue weighted by Crippen LogP contribution is 2.24. The molecule has 2 rings (SSSR count). The molecular formula is C43H84N4O6. The standard InChI is InChI=1S/C18H32O2.C13H26N2.C10H18O4.C2H8N2/c1-2-3-4-5-6-7-8-9-10-11-12-13-14-15-16-17-18(19)20;1(2-12-4-8-14-9-5-12)3-13-6-10-15-11-7-13;11-9(12)7-5-3-1-2-4-6-8-10(13)14;3-1-2-4/h6-7,9-10H,2-5,8,11-17H2,1H3,(H,19,20);12-15H,1-11H2;1-8H2,(H,11,12)(H,13,14);1-4H2. The molecule has 10 nitrogen and oxygen atoms in total. The third-order valence-electron chi connectivity index (χ3n) is 9.68. The summed E-state index contributed by atoms with van der Waals surface area (Å²) in [5.74, 6) is -0.0802. The van der Waals surface area contributed by atoms with Gasteiger partial charge < -0.3 is 37.4 Å². The van der Waals surface area contributed by atoms with Gasteiger partial charge in [0, 0.05) is 32.4 Å². The van der Waals surface area contributed by atoms with E-state index in [0.29, 0.717) is 19.5 Å². The van der Waals surface area contributed by atoms with Crippen molar-refractivity contribution in [3.05, 3.63) is 24.3 Å². The molecule has 312 valence electrons.